The Labute approximate surface area is 167 Å². The van der Waals surface area contributed by atoms with E-state index in [1.54, 1.807) is 24.0 Å². The standard InChI is InChI=1S/C22H28N2O3S/c1-16-10-11-19(15-20(16)28(26,27)23-22(2,3)4)24-13-12-18(21(24)25)14-17-8-6-5-7-9-17/h5-11,15,18,23H,12-14H2,1-4H3. The summed E-state index contributed by atoms with van der Waals surface area (Å²) < 4.78 is 28.3. The van der Waals surface area contributed by atoms with Crippen molar-refractivity contribution in [3.63, 3.8) is 0 Å². The molecular formula is C22H28N2O3S. The zero-order valence-electron chi connectivity index (χ0n) is 16.9. The Balaban J connectivity index is 1.84. The van der Waals surface area contributed by atoms with Gasteiger partial charge in [0.2, 0.25) is 15.9 Å². The molecule has 1 fully saturated rings. The number of amides is 1. The second kappa shape index (κ2) is 7.68. The predicted molar refractivity (Wildman–Crippen MR) is 112 cm³/mol. The van der Waals surface area contributed by atoms with Gasteiger partial charge in [0.15, 0.2) is 0 Å². The first-order valence-corrected chi connectivity index (χ1v) is 11.0. The van der Waals surface area contributed by atoms with Crippen LogP contribution in [0.3, 0.4) is 0 Å². The molecule has 0 bridgehead atoms. The highest BCUT2D eigenvalue weighted by atomic mass is 32.2. The van der Waals surface area contributed by atoms with E-state index in [-0.39, 0.29) is 16.7 Å². The van der Waals surface area contributed by atoms with Gasteiger partial charge in [-0.2, -0.15) is 0 Å². The molecule has 2 aromatic carbocycles. The van der Waals surface area contributed by atoms with Crippen LogP contribution in [0.5, 0.6) is 0 Å². The second-order valence-corrected chi connectivity index (χ2v) is 10.1. The fraction of sp³-hybridized carbons (Fsp3) is 0.409. The molecule has 150 valence electrons. The van der Waals surface area contributed by atoms with E-state index in [1.165, 1.54) is 0 Å². The van der Waals surface area contributed by atoms with Gasteiger partial charge in [0, 0.05) is 23.7 Å². The van der Waals surface area contributed by atoms with E-state index in [4.69, 9.17) is 0 Å². The summed E-state index contributed by atoms with van der Waals surface area (Å²) in [5.41, 5.74) is 1.86. The van der Waals surface area contributed by atoms with Crippen molar-refractivity contribution in [3.8, 4) is 0 Å². The van der Waals surface area contributed by atoms with E-state index in [9.17, 15) is 13.2 Å². The minimum Gasteiger partial charge on any atom is -0.312 e. The molecule has 1 saturated heterocycles. The lowest BCUT2D eigenvalue weighted by Crippen LogP contribution is -2.40. The zero-order valence-corrected chi connectivity index (χ0v) is 17.7. The van der Waals surface area contributed by atoms with Crippen molar-refractivity contribution in [2.24, 2.45) is 5.92 Å². The van der Waals surface area contributed by atoms with Crippen LogP contribution in [0.2, 0.25) is 0 Å². The number of hydrogen-bond acceptors (Lipinski definition) is 3. The van der Waals surface area contributed by atoms with Crippen LogP contribution in [-0.4, -0.2) is 26.4 Å². The highest BCUT2D eigenvalue weighted by Gasteiger charge is 2.33. The van der Waals surface area contributed by atoms with E-state index in [2.05, 4.69) is 4.72 Å². The molecule has 0 saturated carbocycles. The molecule has 0 aliphatic carbocycles. The summed E-state index contributed by atoms with van der Waals surface area (Å²) in [6, 6.07) is 15.2. The maximum absolute atomic E-state index is 12.9. The molecule has 1 amide bonds. The molecule has 1 heterocycles. The van der Waals surface area contributed by atoms with Gasteiger partial charge in [-0.1, -0.05) is 36.4 Å². The molecule has 28 heavy (non-hydrogen) atoms. The number of benzene rings is 2. The molecule has 0 aromatic heterocycles. The molecule has 1 atom stereocenters. The van der Waals surface area contributed by atoms with Crippen LogP contribution in [0.15, 0.2) is 53.4 Å². The number of hydrogen-bond donors (Lipinski definition) is 1. The molecular weight excluding hydrogens is 372 g/mol. The molecule has 6 heteroatoms. The summed E-state index contributed by atoms with van der Waals surface area (Å²) in [4.78, 5) is 14.9. The third kappa shape index (κ3) is 4.62. The lowest BCUT2D eigenvalue weighted by molar-refractivity contribution is -0.120. The first-order chi connectivity index (χ1) is 13.1. The van der Waals surface area contributed by atoms with Gasteiger partial charge in [-0.15, -0.1) is 0 Å². The topological polar surface area (TPSA) is 66.5 Å². The monoisotopic (exact) mass is 400 g/mol. The Morgan fingerprint density at radius 3 is 2.43 bits per heavy atom. The van der Waals surface area contributed by atoms with Crippen molar-refractivity contribution in [2.45, 2.75) is 51.0 Å². The summed E-state index contributed by atoms with van der Waals surface area (Å²) in [7, 11) is -3.67. The first-order valence-electron chi connectivity index (χ1n) is 9.57. The molecule has 0 radical (unpaired) electrons. The highest BCUT2D eigenvalue weighted by molar-refractivity contribution is 7.89. The predicted octanol–water partition coefficient (Wildman–Crippen LogP) is 3.67. The van der Waals surface area contributed by atoms with E-state index >= 15 is 0 Å². The van der Waals surface area contributed by atoms with Crippen molar-refractivity contribution in [1.82, 2.24) is 4.72 Å². The largest absolute Gasteiger partial charge is 0.312 e. The van der Waals surface area contributed by atoms with Crippen molar-refractivity contribution in [3.05, 3.63) is 59.7 Å². The fourth-order valence-electron chi connectivity index (χ4n) is 3.59. The van der Waals surface area contributed by atoms with Crippen LogP contribution in [0, 0.1) is 12.8 Å². The maximum Gasteiger partial charge on any atom is 0.241 e. The third-order valence-electron chi connectivity index (χ3n) is 4.85. The molecule has 1 N–H and O–H groups in total. The number of rotatable bonds is 5. The van der Waals surface area contributed by atoms with E-state index < -0.39 is 15.6 Å². The summed E-state index contributed by atoms with van der Waals surface area (Å²) in [6.07, 6.45) is 1.47. The molecule has 1 unspecified atom stereocenters. The second-order valence-electron chi connectivity index (χ2n) is 8.47. The van der Waals surface area contributed by atoms with Gasteiger partial charge in [0.05, 0.1) is 4.90 Å². The Morgan fingerprint density at radius 2 is 1.79 bits per heavy atom. The number of nitrogens with zero attached hydrogens (tertiary/aromatic N) is 1. The molecule has 3 rings (SSSR count). The number of carbonyl (C=O) groups is 1. The van der Waals surface area contributed by atoms with Gasteiger partial charge in [-0.3, -0.25) is 4.79 Å². The Kier molecular flexibility index (Phi) is 5.64. The lowest BCUT2D eigenvalue weighted by Gasteiger charge is -2.23. The maximum atomic E-state index is 12.9. The normalized spacial score (nSPS) is 17.9. The third-order valence-corrected chi connectivity index (χ3v) is 6.75. The van der Waals surface area contributed by atoms with Crippen LogP contribution in [0.4, 0.5) is 5.69 Å². The summed E-state index contributed by atoms with van der Waals surface area (Å²) in [5.74, 6) is -0.0173. The summed E-state index contributed by atoms with van der Waals surface area (Å²) in [6.45, 7) is 7.79. The average molecular weight is 401 g/mol. The number of aryl methyl sites for hydroxylation is 1. The first kappa shape index (κ1) is 20.6. The van der Waals surface area contributed by atoms with Gasteiger partial charge < -0.3 is 4.90 Å². The highest BCUT2D eigenvalue weighted by Crippen LogP contribution is 2.30. The van der Waals surface area contributed by atoms with Gasteiger partial charge in [-0.05, 0) is 63.8 Å². The molecule has 2 aromatic rings. The van der Waals surface area contributed by atoms with Crippen LogP contribution in [-0.2, 0) is 21.2 Å². The Hall–Kier alpha value is -2.18. The van der Waals surface area contributed by atoms with Gasteiger partial charge in [0.25, 0.3) is 0 Å². The Morgan fingerprint density at radius 1 is 1.11 bits per heavy atom. The van der Waals surface area contributed by atoms with Crippen molar-refractivity contribution >= 4 is 21.6 Å². The zero-order chi connectivity index (χ0) is 20.5. The van der Waals surface area contributed by atoms with Crippen LogP contribution in [0.1, 0.15) is 38.3 Å². The number of nitrogens with one attached hydrogen (secondary N) is 1. The van der Waals surface area contributed by atoms with E-state index in [0.29, 0.717) is 24.2 Å². The molecule has 1 aliphatic heterocycles. The van der Waals surface area contributed by atoms with Crippen LogP contribution < -0.4 is 9.62 Å². The number of anilines is 1. The van der Waals surface area contributed by atoms with Gasteiger partial charge in [0.1, 0.15) is 0 Å². The van der Waals surface area contributed by atoms with Gasteiger partial charge >= 0.3 is 0 Å². The molecule has 1 aliphatic rings. The lowest BCUT2D eigenvalue weighted by atomic mass is 9.98. The van der Waals surface area contributed by atoms with Crippen LogP contribution >= 0.6 is 0 Å². The quantitative estimate of drug-likeness (QED) is 0.833. The SMILES string of the molecule is Cc1ccc(N2CCC(Cc3ccccc3)C2=O)cc1S(=O)(=O)NC(C)(C)C. The smallest absolute Gasteiger partial charge is 0.241 e. The van der Waals surface area contributed by atoms with E-state index in [0.717, 1.165) is 12.0 Å². The molecule has 0 spiro atoms. The average Bonchev–Trinajstić information content (AvgIpc) is 2.95. The molecule has 5 nitrogen and oxygen atoms in total. The van der Waals surface area contributed by atoms with E-state index in [1.807, 2.05) is 57.2 Å². The number of carbonyl (C=O) groups excluding carboxylic acids is 1. The van der Waals surface area contributed by atoms with Crippen molar-refractivity contribution < 1.29 is 13.2 Å². The Bertz CT molecular complexity index is 963. The van der Waals surface area contributed by atoms with Crippen LogP contribution in [0.25, 0.3) is 0 Å². The van der Waals surface area contributed by atoms with Crippen molar-refractivity contribution in [1.29, 1.82) is 0 Å². The summed E-state index contributed by atoms with van der Waals surface area (Å²) in [5, 5.41) is 0. The number of sulfonamides is 1. The van der Waals surface area contributed by atoms with Gasteiger partial charge in [-0.25, -0.2) is 13.1 Å². The van der Waals surface area contributed by atoms with Crippen molar-refractivity contribution in [2.75, 3.05) is 11.4 Å². The minimum atomic E-state index is -3.67. The fourth-order valence-corrected chi connectivity index (χ4v) is 5.27. The minimum absolute atomic E-state index is 0.0554. The summed E-state index contributed by atoms with van der Waals surface area (Å²) >= 11 is 0.